The van der Waals surface area contributed by atoms with E-state index in [4.69, 9.17) is 0 Å². The summed E-state index contributed by atoms with van der Waals surface area (Å²) in [6.45, 7) is 8.23. The SMILES string of the molecule is CCN1/C(=C/C=C2\CCCC(/C=C/c3sc4ccc5ccccc5c4[n+]3CC)=C2c2ccccc2)Sc2ccc3ccccc3c21.Cc1ccc(S(=O)(=O)[O-])cc1. The molecule has 1 aromatic heterocycles. The number of hydrogen-bond donors (Lipinski definition) is 0. The Morgan fingerprint density at radius 1 is 0.754 bits per heavy atom. The van der Waals surface area contributed by atoms with E-state index in [1.807, 2.05) is 30.0 Å². The Hall–Kier alpha value is -5.25. The van der Waals surface area contributed by atoms with Crippen LogP contribution in [0.25, 0.3) is 43.4 Å². The maximum atomic E-state index is 10.4. The molecule has 0 spiro atoms. The highest BCUT2D eigenvalue weighted by Crippen LogP contribution is 2.49. The molecule has 57 heavy (non-hydrogen) atoms. The predicted octanol–water partition coefficient (Wildman–Crippen LogP) is 12.5. The van der Waals surface area contributed by atoms with Gasteiger partial charge in [-0.3, -0.25) is 0 Å². The average Bonchev–Trinajstić information content (AvgIpc) is 3.80. The van der Waals surface area contributed by atoms with Crippen LogP contribution in [0.5, 0.6) is 0 Å². The second-order valence-electron chi connectivity index (χ2n) is 14.2. The number of thiazole rings is 1. The summed E-state index contributed by atoms with van der Waals surface area (Å²) in [5.41, 5.74) is 9.17. The van der Waals surface area contributed by atoms with Gasteiger partial charge in [0.25, 0.3) is 5.01 Å². The van der Waals surface area contributed by atoms with Gasteiger partial charge in [0.1, 0.15) is 21.4 Å². The van der Waals surface area contributed by atoms with Gasteiger partial charge in [0.05, 0.1) is 21.0 Å². The first-order valence-corrected chi connectivity index (χ1v) is 22.5. The smallest absolute Gasteiger partial charge is 0.262 e. The fourth-order valence-corrected chi connectivity index (χ4v) is 10.7. The third-order valence-corrected chi connectivity index (χ3v) is 13.7. The molecule has 0 bridgehead atoms. The van der Waals surface area contributed by atoms with Crippen molar-refractivity contribution in [2.24, 2.45) is 0 Å². The van der Waals surface area contributed by atoms with Gasteiger partial charge in [-0.05, 0) is 109 Å². The monoisotopic (exact) mass is 804 g/mol. The highest BCUT2D eigenvalue weighted by atomic mass is 32.2. The maximum absolute atomic E-state index is 10.4. The maximum Gasteiger partial charge on any atom is 0.262 e. The summed E-state index contributed by atoms with van der Waals surface area (Å²) < 4.78 is 35.0. The second kappa shape index (κ2) is 16.7. The highest BCUT2D eigenvalue weighted by molar-refractivity contribution is 8.03. The first-order chi connectivity index (χ1) is 27.7. The molecular formula is C49H44N2O3S3. The number of aromatic nitrogens is 1. The van der Waals surface area contributed by atoms with Crippen LogP contribution in [0.1, 0.15) is 49.2 Å². The van der Waals surface area contributed by atoms with E-state index in [1.165, 1.54) is 86.8 Å². The molecule has 0 saturated carbocycles. The minimum atomic E-state index is -4.27. The minimum absolute atomic E-state index is 0.178. The zero-order valence-electron chi connectivity index (χ0n) is 32.3. The molecule has 0 radical (unpaired) electrons. The Bertz CT molecular complexity index is 2850. The molecular weight excluding hydrogens is 761 g/mol. The van der Waals surface area contributed by atoms with E-state index in [-0.39, 0.29) is 4.90 Å². The van der Waals surface area contributed by atoms with Crippen molar-refractivity contribution in [3.63, 3.8) is 0 Å². The molecule has 8 heteroatoms. The van der Waals surface area contributed by atoms with Crippen molar-refractivity contribution < 1.29 is 17.5 Å². The van der Waals surface area contributed by atoms with Gasteiger partial charge in [0.15, 0.2) is 0 Å². The van der Waals surface area contributed by atoms with Gasteiger partial charge in [0, 0.05) is 22.9 Å². The number of anilines is 1. The number of benzene rings is 6. The lowest BCUT2D eigenvalue weighted by Gasteiger charge is -2.23. The van der Waals surface area contributed by atoms with Crippen molar-refractivity contribution >= 4 is 82.3 Å². The third-order valence-electron chi connectivity index (χ3n) is 10.6. The Kier molecular flexibility index (Phi) is 11.3. The quantitative estimate of drug-likeness (QED) is 0.119. The summed E-state index contributed by atoms with van der Waals surface area (Å²) in [7, 11) is -4.27. The molecule has 0 atom stereocenters. The molecule has 2 aliphatic rings. The van der Waals surface area contributed by atoms with Gasteiger partial charge in [0.2, 0.25) is 5.52 Å². The summed E-state index contributed by atoms with van der Waals surface area (Å²) in [5.74, 6) is 0. The lowest BCUT2D eigenvalue weighted by Crippen LogP contribution is -2.33. The molecule has 0 amide bonds. The van der Waals surface area contributed by atoms with E-state index in [0.717, 1.165) is 37.9 Å². The van der Waals surface area contributed by atoms with Crippen molar-refractivity contribution in [3.8, 4) is 0 Å². The van der Waals surface area contributed by atoms with Gasteiger partial charge >= 0.3 is 0 Å². The predicted molar refractivity (Wildman–Crippen MR) is 240 cm³/mol. The Morgan fingerprint density at radius 3 is 2.16 bits per heavy atom. The summed E-state index contributed by atoms with van der Waals surface area (Å²) in [6.07, 6.45) is 12.9. The van der Waals surface area contributed by atoms with E-state index in [2.05, 4.69) is 151 Å². The van der Waals surface area contributed by atoms with E-state index in [0.29, 0.717) is 0 Å². The number of nitrogens with zero attached hydrogens (tertiary/aromatic N) is 2. The molecule has 286 valence electrons. The van der Waals surface area contributed by atoms with Crippen molar-refractivity contribution in [2.45, 2.75) is 56.4 Å². The van der Waals surface area contributed by atoms with E-state index in [9.17, 15) is 13.0 Å². The van der Waals surface area contributed by atoms with Crippen LogP contribution in [0.15, 0.2) is 172 Å². The number of aryl methyl sites for hydroxylation is 2. The van der Waals surface area contributed by atoms with E-state index in [1.54, 1.807) is 12.1 Å². The van der Waals surface area contributed by atoms with Gasteiger partial charge in [-0.1, -0.05) is 138 Å². The molecule has 0 N–H and O–H groups in total. The zero-order chi connectivity index (χ0) is 39.5. The van der Waals surface area contributed by atoms with Crippen LogP contribution in [-0.4, -0.2) is 19.5 Å². The van der Waals surface area contributed by atoms with Gasteiger partial charge < -0.3 is 9.45 Å². The number of fused-ring (bicyclic) bond motifs is 6. The van der Waals surface area contributed by atoms with Crippen molar-refractivity contribution in [1.29, 1.82) is 0 Å². The molecule has 9 rings (SSSR count). The number of rotatable bonds is 7. The van der Waals surface area contributed by atoms with Gasteiger partial charge in [-0.15, -0.1) is 0 Å². The standard InChI is InChI=1S/C42H37N2S2.C7H8O3S/c1-3-43-38(45-36-25-21-29-13-8-10-19-34(29)41(36)43)27-23-32-17-12-18-33(40(32)31-15-6-5-7-16-31)24-28-39-44(4-2)42-35-20-11-9-14-30(35)22-26-37(42)46-39;1-6-2-4-7(5-3-6)11(8,9)10/h5-11,13-16,19-28H,3-4,12,17-18H2,1-2H3;2-5H,1H3,(H,8,9,10)/q+1;/p-1. The molecule has 5 nitrogen and oxygen atoms in total. The van der Waals surface area contributed by atoms with E-state index >= 15 is 0 Å². The first-order valence-electron chi connectivity index (χ1n) is 19.4. The van der Waals surface area contributed by atoms with Crippen LogP contribution >= 0.6 is 23.1 Å². The Morgan fingerprint density at radius 2 is 1.44 bits per heavy atom. The van der Waals surface area contributed by atoms with Crippen molar-refractivity contribution in [3.05, 3.63) is 178 Å². The molecule has 0 fully saturated rings. The summed E-state index contributed by atoms with van der Waals surface area (Å²) >= 11 is 3.79. The molecule has 0 unspecified atom stereocenters. The molecule has 7 aromatic rings. The second-order valence-corrected chi connectivity index (χ2v) is 17.7. The fraction of sp³-hybridized carbons (Fsp3) is 0.163. The summed E-state index contributed by atoms with van der Waals surface area (Å²) in [5, 5.41) is 7.87. The summed E-state index contributed by atoms with van der Waals surface area (Å²) in [4.78, 5) is 3.66. The van der Waals surface area contributed by atoms with Crippen LogP contribution in [-0.2, 0) is 16.7 Å². The molecule has 1 aliphatic carbocycles. The Balaban J connectivity index is 0.000000360. The zero-order valence-corrected chi connectivity index (χ0v) is 34.8. The highest BCUT2D eigenvalue weighted by Gasteiger charge is 2.26. The topological polar surface area (TPSA) is 64.3 Å². The van der Waals surface area contributed by atoms with Gasteiger partial charge in [-0.2, -0.15) is 4.57 Å². The van der Waals surface area contributed by atoms with Crippen LogP contribution < -0.4 is 9.47 Å². The van der Waals surface area contributed by atoms with Crippen LogP contribution in [0.4, 0.5) is 5.69 Å². The lowest BCUT2D eigenvalue weighted by molar-refractivity contribution is -0.664. The minimum Gasteiger partial charge on any atom is -0.744 e. The fourth-order valence-electron chi connectivity index (χ4n) is 7.91. The molecule has 6 aromatic carbocycles. The normalized spacial score (nSPS) is 16.0. The average molecular weight is 805 g/mol. The van der Waals surface area contributed by atoms with Crippen molar-refractivity contribution in [1.82, 2.24) is 0 Å². The molecule has 0 saturated heterocycles. The third kappa shape index (κ3) is 8.00. The molecule has 2 heterocycles. The van der Waals surface area contributed by atoms with Crippen LogP contribution in [0.3, 0.4) is 0 Å². The van der Waals surface area contributed by atoms with Gasteiger partial charge in [-0.25, -0.2) is 8.42 Å². The number of hydrogen-bond acceptors (Lipinski definition) is 6. The van der Waals surface area contributed by atoms with Crippen molar-refractivity contribution in [2.75, 3.05) is 11.4 Å². The lowest BCUT2D eigenvalue weighted by atomic mass is 9.83. The largest absolute Gasteiger partial charge is 0.744 e. The van der Waals surface area contributed by atoms with Crippen LogP contribution in [0.2, 0.25) is 0 Å². The Labute approximate surface area is 343 Å². The number of thioether (sulfide) groups is 1. The van der Waals surface area contributed by atoms with Crippen LogP contribution in [0, 0.1) is 6.92 Å². The number of allylic oxidation sites excluding steroid dienone is 6. The first kappa shape index (κ1) is 38.6. The summed E-state index contributed by atoms with van der Waals surface area (Å²) in [6, 6.07) is 43.4. The van der Waals surface area contributed by atoms with E-state index < -0.39 is 10.1 Å². The molecule has 1 aliphatic heterocycles.